The van der Waals surface area contributed by atoms with Crippen molar-refractivity contribution in [1.29, 1.82) is 0 Å². The molecule has 0 spiro atoms. The van der Waals surface area contributed by atoms with Crippen molar-refractivity contribution >= 4 is 11.8 Å². The fraction of sp³-hybridized carbons (Fsp3) is 0.714. The molecule has 21 heavy (non-hydrogen) atoms. The van der Waals surface area contributed by atoms with E-state index in [-0.39, 0.29) is 23.8 Å². The molecule has 7 nitrogen and oxygen atoms in total. The Morgan fingerprint density at radius 2 is 2.05 bits per heavy atom. The second kappa shape index (κ2) is 6.24. The maximum atomic E-state index is 12.4. The number of nitrogens with zero attached hydrogens (tertiary/aromatic N) is 3. The molecule has 7 heteroatoms. The van der Waals surface area contributed by atoms with Crippen LogP contribution in [0.4, 0.5) is 0 Å². The van der Waals surface area contributed by atoms with Crippen LogP contribution in [0.15, 0.2) is 0 Å². The van der Waals surface area contributed by atoms with Gasteiger partial charge >= 0.3 is 0 Å². The van der Waals surface area contributed by atoms with Crippen molar-refractivity contribution in [3.05, 3.63) is 11.6 Å². The molecule has 1 aromatic heterocycles. The molecule has 1 aliphatic rings. The van der Waals surface area contributed by atoms with Crippen LogP contribution in [0, 0.1) is 12.8 Å². The number of amides is 2. The van der Waals surface area contributed by atoms with E-state index in [1.54, 1.807) is 0 Å². The van der Waals surface area contributed by atoms with Crippen molar-refractivity contribution in [2.24, 2.45) is 5.92 Å². The highest BCUT2D eigenvalue weighted by Gasteiger charge is 2.28. The van der Waals surface area contributed by atoms with E-state index in [0.717, 1.165) is 24.5 Å². The number of aryl methyl sites for hydroxylation is 2. The molecule has 116 valence electrons. The first-order valence-corrected chi connectivity index (χ1v) is 7.34. The summed E-state index contributed by atoms with van der Waals surface area (Å²) in [5.41, 5.74) is 0. The van der Waals surface area contributed by atoms with Crippen LogP contribution < -0.4 is 10.6 Å². The molecule has 0 unspecified atom stereocenters. The van der Waals surface area contributed by atoms with Gasteiger partial charge in [-0.25, -0.2) is 0 Å². The van der Waals surface area contributed by atoms with Gasteiger partial charge in [-0.2, -0.15) is 0 Å². The predicted molar refractivity (Wildman–Crippen MR) is 77.5 cm³/mol. The molecule has 1 aromatic rings. The average Bonchev–Trinajstić information content (AvgIpc) is 2.77. The topological polar surface area (TPSA) is 88.9 Å². The summed E-state index contributed by atoms with van der Waals surface area (Å²) in [6.07, 6.45) is 1.65. The highest BCUT2D eigenvalue weighted by Crippen LogP contribution is 2.15. The monoisotopic (exact) mass is 293 g/mol. The Balaban J connectivity index is 2.00. The van der Waals surface area contributed by atoms with E-state index in [1.165, 1.54) is 6.92 Å². The van der Waals surface area contributed by atoms with E-state index < -0.39 is 6.04 Å². The van der Waals surface area contributed by atoms with E-state index in [0.29, 0.717) is 6.54 Å². The summed E-state index contributed by atoms with van der Waals surface area (Å²) in [6.45, 7) is 7.86. The first-order valence-electron chi connectivity index (χ1n) is 7.34. The lowest BCUT2D eigenvalue weighted by molar-refractivity contribution is -0.129. The minimum absolute atomic E-state index is 0.0460. The number of carbonyl (C=O) groups is 2. The molecule has 2 amide bonds. The van der Waals surface area contributed by atoms with Gasteiger partial charge in [0.05, 0.1) is 0 Å². The Morgan fingerprint density at radius 3 is 2.67 bits per heavy atom. The number of carbonyl (C=O) groups excluding carboxylic acids is 2. The Hall–Kier alpha value is -1.92. The van der Waals surface area contributed by atoms with E-state index in [4.69, 9.17) is 0 Å². The van der Waals surface area contributed by atoms with Crippen molar-refractivity contribution in [2.45, 2.75) is 59.2 Å². The average molecular weight is 293 g/mol. The lowest BCUT2D eigenvalue weighted by Gasteiger charge is -2.28. The van der Waals surface area contributed by atoms with Gasteiger partial charge in [-0.15, -0.1) is 10.2 Å². The molecule has 2 heterocycles. The minimum atomic E-state index is -0.495. The van der Waals surface area contributed by atoms with Crippen LogP contribution >= 0.6 is 0 Å². The Bertz CT molecular complexity index is 537. The third kappa shape index (κ3) is 3.59. The number of hydrogen-bond acceptors (Lipinski definition) is 4. The minimum Gasteiger partial charge on any atom is -0.350 e. The van der Waals surface area contributed by atoms with Crippen LogP contribution in [0.5, 0.6) is 0 Å². The van der Waals surface area contributed by atoms with Gasteiger partial charge in [0.2, 0.25) is 11.8 Å². The molecular weight excluding hydrogens is 270 g/mol. The van der Waals surface area contributed by atoms with E-state index >= 15 is 0 Å². The van der Waals surface area contributed by atoms with Crippen LogP contribution in [-0.2, 0) is 22.6 Å². The molecule has 2 atom stereocenters. The summed E-state index contributed by atoms with van der Waals surface area (Å²) >= 11 is 0. The molecule has 0 aliphatic carbocycles. The van der Waals surface area contributed by atoms with Gasteiger partial charge in [0.1, 0.15) is 17.7 Å². The van der Waals surface area contributed by atoms with E-state index in [2.05, 4.69) is 20.8 Å². The zero-order valence-electron chi connectivity index (χ0n) is 13.0. The summed E-state index contributed by atoms with van der Waals surface area (Å²) in [7, 11) is 0. The largest absolute Gasteiger partial charge is 0.350 e. The van der Waals surface area contributed by atoms with Gasteiger partial charge in [0.15, 0.2) is 0 Å². The van der Waals surface area contributed by atoms with Crippen molar-refractivity contribution < 1.29 is 9.59 Å². The second-order valence-electron chi connectivity index (χ2n) is 5.94. The lowest BCUT2D eigenvalue weighted by Crippen LogP contribution is -2.53. The van der Waals surface area contributed by atoms with Gasteiger partial charge in [-0.1, -0.05) is 13.8 Å². The summed E-state index contributed by atoms with van der Waals surface area (Å²) in [5.74, 6) is 1.57. The van der Waals surface area contributed by atoms with Gasteiger partial charge in [0.25, 0.3) is 0 Å². The van der Waals surface area contributed by atoms with Crippen molar-refractivity contribution in [3.8, 4) is 0 Å². The zero-order valence-corrected chi connectivity index (χ0v) is 13.0. The van der Waals surface area contributed by atoms with Crippen LogP contribution in [0.1, 0.15) is 38.8 Å². The molecule has 2 N–H and O–H groups in total. The molecule has 0 saturated carbocycles. The zero-order chi connectivity index (χ0) is 15.6. The molecule has 0 saturated heterocycles. The van der Waals surface area contributed by atoms with Crippen LogP contribution in [0.3, 0.4) is 0 Å². The number of aromatic nitrogens is 3. The van der Waals surface area contributed by atoms with Crippen molar-refractivity contribution in [1.82, 2.24) is 25.4 Å². The van der Waals surface area contributed by atoms with E-state index in [9.17, 15) is 9.59 Å². The number of rotatable bonds is 4. The van der Waals surface area contributed by atoms with Crippen molar-refractivity contribution in [3.63, 3.8) is 0 Å². The third-order valence-electron chi connectivity index (χ3n) is 3.79. The molecular formula is C14H23N5O2. The van der Waals surface area contributed by atoms with Crippen LogP contribution in [-0.4, -0.2) is 38.7 Å². The molecule has 2 rings (SSSR count). The van der Waals surface area contributed by atoms with Crippen LogP contribution in [0.2, 0.25) is 0 Å². The molecule has 0 fully saturated rings. The van der Waals surface area contributed by atoms with Gasteiger partial charge < -0.3 is 15.2 Å². The normalized spacial score (nSPS) is 19.0. The second-order valence-corrected chi connectivity index (χ2v) is 5.94. The fourth-order valence-electron chi connectivity index (χ4n) is 2.62. The maximum absolute atomic E-state index is 12.4. The summed E-state index contributed by atoms with van der Waals surface area (Å²) in [6, 6.07) is -0.444. The fourth-order valence-corrected chi connectivity index (χ4v) is 2.62. The SMILES string of the molecule is CC(=O)N[C@H](C(=O)N[C@H]1CCc2nnc(C)n2C1)C(C)C. The smallest absolute Gasteiger partial charge is 0.243 e. The highest BCUT2D eigenvalue weighted by molar-refractivity contribution is 5.87. The first kappa shape index (κ1) is 15.5. The maximum Gasteiger partial charge on any atom is 0.243 e. The third-order valence-corrected chi connectivity index (χ3v) is 3.79. The lowest BCUT2D eigenvalue weighted by atomic mass is 10.0. The van der Waals surface area contributed by atoms with Gasteiger partial charge in [-0.05, 0) is 19.3 Å². The Kier molecular flexibility index (Phi) is 4.59. The molecule has 0 aromatic carbocycles. The summed E-state index contributed by atoms with van der Waals surface area (Å²) < 4.78 is 2.04. The van der Waals surface area contributed by atoms with Gasteiger partial charge in [0, 0.05) is 25.9 Å². The number of fused-ring (bicyclic) bond motifs is 1. The molecule has 0 bridgehead atoms. The standard InChI is InChI=1S/C14H23N5O2/c1-8(2)13(15-10(4)20)14(21)16-11-5-6-12-18-17-9(3)19(12)7-11/h8,11,13H,5-7H2,1-4H3,(H,15,20)(H,16,21)/t11-,13-/m0/s1. The predicted octanol–water partition coefficient (Wildman–Crippen LogP) is 0.178. The van der Waals surface area contributed by atoms with Gasteiger partial charge in [-0.3, -0.25) is 9.59 Å². The Morgan fingerprint density at radius 1 is 1.33 bits per heavy atom. The van der Waals surface area contributed by atoms with Crippen LogP contribution in [0.25, 0.3) is 0 Å². The highest BCUT2D eigenvalue weighted by atomic mass is 16.2. The first-order chi connectivity index (χ1) is 9.88. The summed E-state index contributed by atoms with van der Waals surface area (Å²) in [5, 5.41) is 13.9. The Labute approximate surface area is 124 Å². The van der Waals surface area contributed by atoms with Crippen molar-refractivity contribution in [2.75, 3.05) is 0 Å². The molecule has 0 radical (unpaired) electrons. The summed E-state index contributed by atoms with van der Waals surface area (Å²) in [4.78, 5) is 23.6. The van der Waals surface area contributed by atoms with E-state index in [1.807, 2.05) is 25.3 Å². The quantitative estimate of drug-likeness (QED) is 0.828. The number of hydrogen-bond donors (Lipinski definition) is 2. The number of nitrogens with one attached hydrogen (secondary N) is 2. The molecule has 1 aliphatic heterocycles.